The molecule has 3 aliphatic heterocycles. The van der Waals surface area contributed by atoms with E-state index in [-0.39, 0.29) is 17.4 Å². The molecule has 7 heteroatoms. The van der Waals surface area contributed by atoms with E-state index in [1.54, 1.807) is 0 Å². The molecule has 0 N–H and O–H groups in total. The molecule has 2 saturated heterocycles. The van der Waals surface area contributed by atoms with Gasteiger partial charge in [0.05, 0.1) is 30.0 Å². The van der Waals surface area contributed by atoms with Gasteiger partial charge in [0.2, 0.25) is 5.91 Å². The van der Waals surface area contributed by atoms with E-state index >= 15 is 0 Å². The van der Waals surface area contributed by atoms with Crippen molar-refractivity contribution < 1.29 is 9.53 Å². The Morgan fingerprint density at radius 3 is 2.41 bits per heavy atom. The maximum absolute atomic E-state index is 12.8. The van der Waals surface area contributed by atoms with Crippen LogP contribution in [0.25, 0.3) is 0 Å². The maximum atomic E-state index is 12.8. The van der Waals surface area contributed by atoms with Crippen LogP contribution in [0, 0.1) is 11.3 Å². The molecule has 0 aliphatic carbocycles. The van der Waals surface area contributed by atoms with Gasteiger partial charge in [-0.05, 0) is 51.3 Å². The lowest BCUT2D eigenvalue weighted by Gasteiger charge is -2.39. The van der Waals surface area contributed by atoms with Gasteiger partial charge in [-0.2, -0.15) is 5.26 Å². The van der Waals surface area contributed by atoms with E-state index in [1.165, 1.54) is 19.3 Å². The SMILES string of the molecule is CC(C)c1nc(N2CCN(C(=O)CN3CCCCC3)CC2)c(C#N)c2c1COC(C)(C)C2. The summed E-state index contributed by atoms with van der Waals surface area (Å²) < 4.78 is 6.06. The number of piperazine rings is 1. The van der Waals surface area contributed by atoms with Gasteiger partial charge in [0.25, 0.3) is 0 Å². The van der Waals surface area contributed by atoms with Crippen molar-refractivity contribution in [3.63, 3.8) is 0 Å². The van der Waals surface area contributed by atoms with Crippen molar-refractivity contribution in [1.82, 2.24) is 14.8 Å². The number of likely N-dealkylation sites (tertiary alicyclic amines) is 1. The third-order valence-corrected chi connectivity index (χ3v) is 7.03. The van der Waals surface area contributed by atoms with Crippen LogP contribution >= 0.6 is 0 Å². The molecule has 0 bridgehead atoms. The summed E-state index contributed by atoms with van der Waals surface area (Å²) in [7, 11) is 0. The van der Waals surface area contributed by atoms with Crippen molar-refractivity contribution in [3.05, 3.63) is 22.4 Å². The van der Waals surface area contributed by atoms with Crippen molar-refractivity contribution >= 4 is 11.7 Å². The fraction of sp³-hybridized carbons (Fsp3) is 0.720. The zero-order valence-electron chi connectivity index (χ0n) is 20.1. The third kappa shape index (κ3) is 4.77. The normalized spacial score (nSPS) is 21.4. The highest BCUT2D eigenvalue weighted by Crippen LogP contribution is 2.37. The predicted octanol–water partition coefficient (Wildman–Crippen LogP) is 3.06. The Bertz CT molecular complexity index is 891. The molecule has 32 heavy (non-hydrogen) atoms. The average molecular weight is 440 g/mol. The van der Waals surface area contributed by atoms with Gasteiger partial charge in [0, 0.05) is 38.2 Å². The lowest BCUT2D eigenvalue weighted by atomic mass is 9.86. The second kappa shape index (κ2) is 9.36. The number of hydrogen-bond acceptors (Lipinski definition) is 6. The standard InChI is InChI=1S/C25H37N5O2/c1-18(2)23-21-17-32-25(3,4)14-19(21)20(15-26)24(27-23)30-12-10-29(11-13-30)22(31)16-28-8-6-5-7-9-28/h18H,5-14,16-17H2,1-4H3. The van der Waals surface area contributed by atoms with Gasteiger partial charge in [-0.1, -0.05) is 20.3 Å². The fourth-order valence-electron chi connectivity index (χ4n) is 5.18. The highest BCUT2D eigenvalue weighted by Gasteiger charge is 2.34. The summed E-state index contributed by atoms with van der Waals surface area (Å²) in [5, 5.41) is 10.1. The number of carbonyl (C=O) groups is 1. The second-order valence-electron chi connectivity index (χ2n) is 10.3. The van der Waals surface area contributed by atoms with Crippen LogP contribution in [-0.2, 0) is 22.6 Å². The second-order valence-corrected chi connectivity index (χ2v) is 10.3. The molecular weight excluding hydrogens is 402 g/mol. The van der Waals surface area contributed by atoms with Crippen molar-refractivity contribution in [1.29, 1.82) is 5.26 Å². The Morgan fingerprint density at radius 2 is 1.78 bits per heavy atom. The maximum Gasteiger partial charge on any atom is 0.236 e. The molecule has 4 rings (SSSR count). The van der Waals surface area contributed by atoms with E-state index in [9.17, 15) is 10.1 Å². The summed E-state index contributed by atoms with van der Waals surface area (Å²) in [5.74, 6) is 1.27. The van der Waals surface area contributed by atoms with Gasteiger partial charge >= 0.3 is 0 Å². The first-order chi connectivity index (χ1) is 15.3. The summed E-state index contributed by atoms with van der Waals surface area (Å²) in [5.41, 5.74) is 3.63. The Morgan fingerprint density at radius 1 is 1.09 bits per heavy atom. The highest BCUT2D eigenvalue weighted by molar-refractivity contribution is 5.78. The quantitative estimate of drug-likeness (QED) is 0.718. The Balaban J connectivity index is 1.52. The molecule has 4 heterocycles. The van der Waals surface area contributed by atoms with Crippen molar-refractivity contribution in [2.75, 3.05) is 50.7 Å². The largest absolute Gasteiger partial charge is 0.370 e. The molecule has 1 aromatic rings. The van der Waals surface area contributed by atoms with Gasteiger partial charge in [-0.3, -0.25) is 9.69 Å². The molecule has 7 nitrogen and oxygen atoms in total. The van der Waals surface area contributed by atoms with Crippen LogP contribution in [-0.4, -0.2) is 72.1 Å². The highest BCUT2D eigenvalue weighted by atomic mass is 16.5. The number of amides is 1. The average Bonchev–Trinajstić information content (AvgIpc) is 2.78. The van der Waals surface area contributed by atoms with Gasteiger partial charge in [-0.15, -0.1) is 0 Å². The number of ether oxygens (including phenoxy) is 1. The number of hydrogen-bond donors (Lipinski definition) is 0. The molecule has 0 saturated carbocycles. The number of fused-ring (bicyclic) bond motifs is 1. The number of anilines is 1. The molecule has 0 radical (unpaired) electrons. The number of piperidine rings is 1. The van der Waals surface area contributed by atoms with Crippen LogP contribution in [0.4, 0.5) is 5.82 Å². The van der Waals surface area contributed by atoms with E-state index in [4.69, 9.17) is 9.72 Å². The van der Waals surface area contributed by atoms with Crippen LogP contribution < -0.4 is 4.90 Å². The topological polar surface area (TPSA) is 72.7 Å². The first kappa shape index (κ1) is 23.0. The minimum Gasteiger partial charge on any atom is -0.370 e. The minimum absolute atomic E-state index is 0.229. The lowest BCUT2D eigenvalue weighted by molar-refractivity contribution is -0.132. The number of aromatic nitrogens is 1. The van der Waals surface area contributed by atoms with Gasteiger partial charge < -0.3 is 14.5 Å². The molecule has 0 atom stereocenters. The number of nitriles is 1. The summed E-state index contributed by atoms with van der Waals surface area (Å²) in [4.78, 5) is 24.3. The smallest absolute Gasteiger partial charge is 0.236 e. The number of nitrogens with zero attached hydrogens (tertiary/aromatic N) is 5. The molecule has 0 aromatic carbocycles. The monoisotopic (exact) mass is 439 g/mol. The Kier molecular flexibility index (Phi) is 6.73. The third-order valence-electron chi connectivity index (χ3n) is 7.03. The minimum atomic E-state index is -0.287. The molecule has 0 spiro atoms. The molecule has 2 fully saturated rings. The van der Waals surface area contributed by atoms with Crippen LogP contribution in [0.3, 0.4) is 0 Å². The lowest BCUT2D eigenvalue weighted by Crippen LogP contribution is -2.52. The van der Waals surface area contributed by atoms with Crippen molar-refractivity contribution in [2.45, 2.75) is 71.5 Å². The van der Waals surface area contributed by atoms with Crippen LogP contribution in [0.15, 0.2) is 0 Å². The van der Waals surface area contributed by atoms with Crippen LogP contribution in [0.5, 0.6) is 0 Å². The summed E-state index contributed by atoms with van der Waals surface area (Å²) in [6, 6.07) is 2.47. The first-order valence-electron chi connectivity index (χ1n) is 12.1. The summed E-state index contributed by atoms with van der Waals surface area (Å²) in [6.45, 7) is 14.4. The van der Waals surface area contributed by atoms with E-state index in [1.807, 2.05) is 4.90 Å². The van der Waals surface area contributed by atoms with Crippen molar-refractivity contribution in [2.24, 2.45) is 0 Å². The first-order valence-corrected chi connectivity index (χ1v) is 12.1. The Labute approximate surface area is 192 Å². The Hall–Kier alpha value is -2.17. The molecular formula is C25H37N5O2. The van der Waals surface area contributed by atoms with Crippen LogP contribution in [0.2, 0.25) is 0 Å². The van der Waals surface area contributed by atoms with E-state index in [0.29, 0.717) is 44.9 Å². The van der Waals surface area contributed by atoms with Crippen molar-refractivity contribution in [3.8, 4) is 6.07 Å². The van der Waals surface area contributed by atoms with Gasteiger partial charge in [0.1, 0.15) is 11.9 Å². The number of rotatable bonds is 4. The molecule has 1 aromatic heterocycles. The van der Waals surface area contributed by atoms with E-state index in [2.05, 4.69) is 43.6 Å². The summed E-state index contributed by atoms with van der Waals surface area (Å²) >= 11 is 0. The summed E-state index contributed by atoms with van der Waals surface area (Å²) in [6.07, 6.45) is 4.39. The van der Waals surface area contributed by atoms with E-state index < -0.39 is 0 Å². The zero-order chi connectivity index (χ0) is 22.9. The van der Waals surface area contributed by atoms with Crippen LogP contribution in [0.1, 0.15) is 75.3 Å². The van der Waals surface area contributed by atoms with E-state index in [0.717, 1.165) is 42.1 Å². The zero-order valence-corrected chi connectivity index (χ0v) is 20.1. The molecule has 3 aliphatic rings. The fourth-order valence-corrected chi connectivity index (χ4v) is 5.18. The van der Waals surface area contributed by atoms with Gasteiger partial charge in [-0.25, -0.2) is 4.98 Å². The van der Waals surface area contributed by atoms with Gasteiger partial charge in [0.15, 0.2) is 0 Å². The molecule has 1 amide bonds. The number of carbonyl (C=O) groups excluding carboxylic acids is 1. The molecule has 0 unspecified atom stereocenters. The molecule has 174 valence electrons. The predicted molar refractivity (Wildman–Crippen MR) is 125 cm³/mol. The number of pyridine rings is 1.